The van der Waals surface area contributed by atoms with Gasteiger partial charge < -0.3 is 4.74 Å². The number of hydrogen-bond donors (Lipinski definition) is 1. The zero-order valence-corrected chi connectivity index (χ0v) is 12.8. The average Bonchev–Trinajstić information content (AvgIpc) is 2.25. The summed E-state index contributed by atoms with van der Waals surface area (Å²) in [7, 11) is 0. The fourth-order valence-corrected chi connectivity index (χ4v) is 0.684. The van der Waals surface area contributed by atoms with E-state index in [1.807, 2.05) is 0 Å². The molecule has 0 radical (unpaired) electrons. The SMILES string of the molecule is C=C(C)C(=O)OC=CC.CC(=[CH][Zn])C(=O)O. The van der Waals surface area contributed by atoms with Gasteiger partial charge in [-0.25, -0.2) is 4.79 Å². The summed E-state index contributed by atoms with van der Waals surface area (Å²) in [5.41, 5.74) is 0.855. The second-order valence-electron chi connectivity index (χ2n) is 2.85. The third kappa shape index (κ3) is 10.9. The molecule has 4 nitrogen and oxygen atoms in total. The molecule has 0 aromatic heterocycles. The summed E-state index contributed by atoms with van der Waals surface area (Å²) in [6, 6.07) is 0. The van der Waals surface area contributed by atoms with Crippen LogP contribution in [0.15, 0.2) is 34.7 Å². The molecule has 0 unspecified atom stereocenters. The van der Waals surface area contributed by atoms with Crippen LogP contribution in [0.4, 0.5) is 0 Å². The molecule has 0 aliphatic heterocycles. The Balaban J connectivity index is 0. The van der Waals surface area contributed by atoms with Crippen molar-refractivity contribution in [1.29, 1.82) is 0 Å². The first-order chi connectivity index (χ1) is 7.36. The molecule has 16 heavy (non-hydrogen) atoms. The van der Waals surface area contributed by atoms with Crippen molar-refractivity contribution < 1.29 is 37.7 Å². The van der Waals surface area contributed by atoms with Gasteiger partial charge >= 0.3 is 57.3 Å². The van der Waals surface area contributed by atoms with Gasteiger partial charge in [-0.3, -0.25) is 0 Å². The molecular weight excluding hydrogens is 262 g/mol. The zero-order valence-electron chi connectivity index (χ0n) is 9.82. The molecule has 0 fully saturated rings. The van der Waals surface area contributed by atoms with Gasteiger partial charge in [0.25, 0.3) is 0 Å². The summed E-state index contributed by atoms with van der Waals surface area (Å²) >= 11 is 0.915. The van der Waals surface area contributed by atoms with Crippen molar-refractivity contribution in [2.45, 2.75) is 20.8 Å². The summed E-state index contributed by atoms with van der Waals surface area (Å²) in [5.74, 6) is -1.20. The quantitative estimate of drug-likeness (QED) is 0.371. The Morgan fingerprint density at radius 3 is 2.06 bits per heavy atom. The van der Waals surface area contributed by atoms with Crippen LogP contribution in [0.3, 0.4) is 0 Å². The maximum atomic E-state index is 10.5. The van der Waals surface area contributed by atoms with Gasteiger partial charge in [0.05, 0.1) is 6.26 Å². The van der Waals surface area contributed by atoms with Crippen LogP contribution in [-0.4, -0.2) is 17.0 Å². The van der Waals surface area contributed by atoms with Gasteiger partial charge in [0.15, 0.2) is 0 Å². The zero-order chi connectivity index (χ0) is 13.1. The van der Waals surface area contributed by atoms with E-state index < -0.39 is 5.97 Å². The van der Waals surface area contributed by atoms with E-state index in [1.54, 1.807) is 31.5 Å². The minimum absolute atomic E-state index is 0.381. The molecule has 85 valence electrons. The van der Waals surface area contributed by atoms with E-state index in [2.05, 4.69) is 11.3 Å². The Hall–Kier alpha value is -1.22. The number of hydrogen-bond acceptors (Lipinski definition) is 3. The van der Waals surface area contributed by atoms with Gasteiger partial charge in [-0.05, 0) is 13.8 Å². The van der Waals surface area contributed by atoms with Gasteiger partial charge in [-0.2, -0.15) is 0 Å². The van der Waals surface area contributed by atoms with Crippen molar-refractivity contribution in [3.05, 3.63) is 34.7 Å². The first kappa shape index (κ1) is 17.2. The third-order valence-electron chi connectivity index (χ3n) is 1.30. The molecule has 0 heterocycles. The summed E-state index contributed by atoms with van der Waals surface area (Å²) < 4.78 is 6.22. The summed E-state index contributed by atoms with van der Waals surface area (Å²) in [4.78, 5) is 20.4. The molecule has 5 heteroatoms. The van der Waals surface area contributed by atoms with Gasteiger partial charge in [0.2, 0.25) is 0 Å². The summed E-state index contributed by atoms with van der Waals surface area (Å²) in [5, 5.41) is 8.13. The molecule has 0 saturated heterocycles. The molecule has 0 atom stereocenters. The normalized spacial score (nSPS) is 10.4. The van der Waals surface area contributed by atoms with Crippen LogP contribution < -0.4 is 0 Å². The van der Waals surface area contributed by atoms with E-state index in [0.29, 0.717) is 11.1 Å². The second-order valence-corrected chi connectivity index (χ2v) is 3.70. The van der Waals surface area contributed by atoms with Crippen LogP contribution in [0, 0.1) is 0 Å². The number of carboxylic acid groups (broad SMARTS) is 1. The molecule has 0 amide bonds. The first-order valence-electron chi connectivity index (χ1n) is 4.53. The number of rotatable bonds is 3. The van der Waals surface area contributed by atoms with Gasteiger partial charge in [-0.15, -0.1) is 0 Å². The van der Waals surface area contributed by atoms with E-state index >= 15 is 0 Å². The fraction of sp³-hybridized carbons (Fsp3) is 0.273. The van der Waals surface area contributed by atoms with Crippen molar-refractivity contribution >= 4 is 11.9 Å². The van der Waals surface area contributed by atoms with Gasteiger partial charge in [0.1, 0.15) is 0 Å². The topological polar surface area (TPSA) is 63.6 Å². The van der Waals surface area contributed by atoms with Crippen molar-refractivity contribution in [3.8, 4) is 0 Å². The van der Waals surface area contributed by atoms with E-state index in [-0.39, 0.29) is 5.97 Å². The second kappa shape index (κ2) is 10.3. The van der Waals surface area contributed by atoms with Crippen LogP contribution in [0.2, 0.25) is 0 Å². The molecule has 0 bridgehead atoms. The van der Waals surface area contributed by atoms with E-state index in [4.69, 9.17) is 5.11 Å². The molecule has 1 N–H and O–H groups in total. The number of ether oxygens (including phenoxy) is 1. The Morgan fingerprint density at radius 1 is 1.38 bits per heavy atom. The average molecular weight is 277 g/mol. The van der Waals surface area contributed by atoms with E-state index in [9.17, 15) is 9.59 Å². The van der Waals surface area contributed by atoms with Crippen molar-refractivity contribution in [2.24, 2.45) is 0 Å². The molecular formula is C11H15O4Zn. The van der Waals surface area contributed by atoms with Crippen molar-refractivity contribution in [1.82, 2.24) is 0 Å². The fourth-order valence-electron chi connectivity index (χ4n) is 0.318. The number of carbonyl (C=O) groups excluding carboxylic acids is 1. The Bertz CT molecular complexity index is 316. The predicted molar refractivity (Wildman–Crippen MR) is 57.1 cm³/mol. The molecule has 0 rings (SSSR count). The maximum absolute atomic E-state index is 10.5. The Morgan fingerprint density at radius 2 is 1.88 bits per heavy atom. The van der Waals surface area contributed by atoms with Crippen molar-refractivity contribution in [3.63, 3.8) is 0 Å². The Labute approximate surface area is 105 Å². The molecule has 0 aliphatic rings. The molecule has 0 aromatic carbocycles. The van der Waals surface area contributed by atoms with Crippen LogP contribution >= 0.6 is 0 Å². The van der Waals surface area contributed by atoms with E-state index in [0.717, 1.165) is 18.3 Å². The van der Waals surface area contributed by atoms with Crippen LogP contribution in [-0.2, 0) is 32.6 Å². The number of carbonyl (C=O) groups is 2. The van der Waals surface area contributed by atoms with Gasteiger partial charge in [-0.1, -0.05) is 12.7 Å². The summed E-state index contributed by atoms with van der Waals surface area (Å²) in [6.45, 7) is 8.36. The summed E-state index contributed by atoms with van der Waals surface area (Å²) in [6.07, 6.45) is 2.97. The minimum atomic E-state index is -0.814. The number of aliphatic carboxylic acids is 1. The predicted octanol–water partition coefficient (Wildman–Crippen LogP) is 2.16. The number of allylic oxidation sites excluding steroid dienone is 1. The van der Waals surface area contributed by atoms with Gasteiger partial charge in [0, 0.05) is 5.57 Å². The number of carboxylic acids is 1. The molecule has 0 aromatic rings. The standard InChI is InChI=1S/C7H10O2.C4H5O2.Zn/c1-4-5-9-7(8)6(2)3;1-3(2)4(5)6;/h4-5H,2H2,1,3H3;1H,2H3,(H,5,6);. The third-order valence-corrected chi connectivity index (χ3v) is 2.59. The first-order valence-corrected chi connectivity index (χ1v) is 6.25. The van der Waals surface area contributed by atoms with Crippen LogP contribution in [0.1, 0.15) is 20.8 Å². The van der Waals surface area contributed by atoms with Crippen molar-refractivity contribution in [2.75, 3.05) is 0 Å². The molecule has 0 saturated carbocycles. The van der Waals surface area contributed by atoms with Crippen LogP contribution in [0.5, 0.6) is 0 Å². The molecule has 0 aliphatic carbocycles. The van der Waals surface area contributed by atoms with E-state index in [1.165, 1.54) is 6.26 Å². The molecule has 0 spiro atoms. The van der Waals surface area contributed by atoms with Crippen LogP contribution in [0.25, 0.3) is 0 Å². The monoisotopic (exact) mass is 275 g/mol. The number of esters is 1. The Kier molecular flexibility index (Phi) is 11.1.